The Kier molecular flexibility index (Phi) is 3.63. The first kappa shape index (κ1) is 9.62. The number of rotatable bonds is 3. The summed E-state index contributed by atoms with van der Waals surface area (Å²) in [6.07, 6.45) is 2.84. The van der Waals surface area contributed by atoms with Crippen LogP contribution in [0.5, 0.6) is 0 Å². The summed E-state index contributed by atoms with van der Waals surface area (Å²) in [4.78, 5) is 1.32. The van der Waals surface area contributed by atoms with E-state index in [4.69, 9.17) is 5.11 Å². The third kappa shape index (κ3) is 2.26. The number of benzene rings is 1. The predicted molar refractivity (Wildman–Crippen MR) is 53.7 cm³/mol. The Hall–Kier alpha value is -0.470. The standard InChI is InChI=1S/C10H14OS/c1-8-7-9(5-6-11)3-4-10(8)12-2/h3-4,7,11H,5-6H2,1-2H3. The van der Waals surface area contributed by atoms with Crippen LogP contribution in [-0.2, 0) is 6.42 Å². The molecule has 0 bridgehead atoms. The first-order valence-corrected chi connectivity index (χ1v) is 5.24. The summed E-state index contributed by atoms with van der Waals surface area (Å²) in [5, 5.41) is 8.73. The second kappa shape index (κ2) is 4.53. The lowest BCUT2D eigenvalue weighted by Crippen LogP contribution is -1.91. The van der Waals surface area contributed by atoms with Gasteiger partial charge in [0, 0.05) is 11.5 Å². The fourth-order valence-electron chi connectivity index (χ4n) is 1.23. The molecule has 1 aromatic rings. The molecule has 0 saturated carbocycles. The molecule has 0 aliphatic carbocycles. The zero-order valence-corrected chi connectivity index (χ0v) is 8.32. The fourth-order valence-corrected chi connectivity index (χ4v) is 1.81. The highest BCUT2D eigenvalue weighted by Gasteiger charge is 1.97. The molecule has 0 unspecified atom stereocenters. The number of hydrogen-bond acceptors (Lipinski definition) is 2. The molecule has 0 aliphatic heterocycles. The van der Waals surface area contributed by atoms with Gasteiger partial charge in [-0.05, 0) is 36.8 Å². The van der Waals surface area contributed by atoms with Gasteiger partial charge in [0.05, 0.1) is 0 Å². The van der Waals surface area contributed by atoms with Gasteiger partial charge in [-0.2, -0.15) is 0 Å². The molecular formula is C10H14OS. The summed E-state index contributed by atoms with van der Waals surface area (Å²) in [7, 11) is 0. The molecular weight excluding hydrogens is 168 g/mol. The lowest BCUT2D eigenvalue weighted by Gasteiger charge is -2.04. The number of thioether (sulfide) groups is 1. The Balaban J connectivity index is 2.86. The Morgan fingerprint density at radius 3 is 2.67 bits per heavy atom. The van der Waals surface area contributed by atoms with Gasteiger partial charge < -0.3 is 5.11 Å². The normalized spacial score (nSPS) is 10.2. The summed E-state index contributed by atoms with van der Waals surface area (Å²) in [5.74, 6) is 0. The Bertz CT molecular complexity index is 258. The Labute approximate surface area is 77.8 Å². The zero-order valence-electron chi connectivity index (χ0n) is 7.50. The van der Waals surface area contributed by atoms with Gasteiger partial charge in [0.1, 0.15) is 0 Å². The van der Waals surface area contributed by atoms with Gasteiger partial charge in [0.15, 0.2) is 0 Å². The van der Waals surface area contributed by atoms with E-state index >= 15 is 0 Å². The van der Waals surface area contributed by atoms with Gasteiger partial charge in [-0.15, -0.1) is 11.8 Å². The number of aliphatic hydroxyl groups excluding tert-OH is 1. The Morgan fingerprint density at radius 2 is 2.17 bits per heavy atom. The van der Waals surface area contributed by atoms with Gasteiger partial charge in [-0.25, -0.2) is 0 Å². The van der Waals surface area contributed by atoms with Crippen LogP contribution in [0, 0.1) is 6.92 Å². The minimum atomic E-state index is 0.234. The molecule has 0 atom stereocenters. The highest BCUT2D eigenvalue weighted by molar-refractivity contribution is 7.98. The monoisotopic (exact) mass is 182 g/mol. The van der Waals surface area contributed by atoms with Crippen molar-refractivity contribution in [2.24, 2.45) is 0 Å². The number of hydrogen-bond donors (Lipinski definition) is 1. The van der Waals surface area contributed by atoms with E-state index in [2.05, 4.69) is 31.4 Å². The van der Waals surface area contributed by atoms with E-state index in [1.165, 1.54) is 16.0 Å². The second-order valence-electron chi connectivity index (χ2n) is 2.78. The number of aliphatic hydroxyl groups is 1. The van der Waals surface area contributed by atoms with Crippen molar-refractivity contribution in [3.8, 4) is 0 Å². The summed E-state index contributed by atoms with van der Waals surface area (Å²) < 4.78 is 0. The van der Waals surface area contributed by atoms with E-state index in [-0.39, 0.29) is 6.61 Å². The highest BCUT2D eigenvalue weighted by atomic mass is 32.2. The van der Waals surface area contributed by atoms with Crippen LogP contribution >= 0.6 is 11.8 Å². The molecule has 0 heterocycles. The maximum Gasteiger partial charge on any atom is 0.0471 e. The molecule has 1 rings (SSSR count). The Morgan fingerprint density at radius 1 is 1.42 bits per heavy atom. The average Bonchev–Trinajstić information content (AvgIpc) is 2.05. The molecule has 66 valence electrons. The van der Waals surface area contributed by atoms with E-state index in [9.17, 15) is 0 Å². The molecule has 0 aromatic heterocycles. The minimum absolute atomic E-state index is 0.234. The lowest BCUT2D eigenvalue weighted by molar-refractivity contribution is 0.299. The second-order valence-corrected chi connectivity index (χ2v) is 3.63. The molecule has 2 heteroatoms. The van der Waals surface area contributed by atoms with Gasteiger partial charge in [0.2, 0.25) is 0 Å². The number of aryl methyl sites for hydroxylation is 1. The van der Waals surface area contributed by atoms with Crippen molar-refractivity contribution >= 4 is 11.8 Å². The molecule has 0 spiro atoms. The SMILES string of the molecule is CSc1ccc(CCO)cc1C. The minimum Gasteiger partial charge on any atom is -0.396 e. The van der Waals surface area contributed by atoms with Gasteiger partial charge in [0.25, 0.3) is 0 Å². The first-order chi connectivity index (χ1) is 5.77. The maximum absolute atomic E-state index is 8.73. The van der Waals surface area contributed by atoms with Crippen molar-refractivity contribution in [1.82, 2.24) is 0 Å². The topological polar surface area (TPSA) is 20.2 Å². The van der Waals surface area contributed by atoms with Crippen LogP contribution in [0.1, 0.15) is 11.1 Å². The third-order valence-corrected chi connectivity index (χ3v) is 2.76. The van der Waals surface area contributed by atoms with Gasteiger partial charge in [-0.1, -0.05) is 12.1 Å². The lowest BCUT2D eigenvalue weighted by atomic mass is 10.1. The fraction of sp³-hybridized carbons (Fsp3) is 0.400. The van der Waals surface area contributed by atoms with Crippen LogP contribution in [-0.4, -0.2) is 18.0 Å². The van der Waals surface area contributed by atoms with Crippen molar-refractivity contribution in [3.63, 3.8) is 0 Å². The smallest absolute Gasteiger partial charge is 0.0471 e. The van der Waals surface area contributed by atoms with Crippen LogP contribution in [0.25, 0.3) is 0 Å². The van der Waals surface area contributed by atoms with E-state index < -0.39 is 0 Å². The van der Waals surface area contributed by atoms with Gasteiger partial charge in [-0.3, -0.25) is 0 Å². The molecule has 0 fully saturated rings. The summed E-state index contributed by atoms with van der Waals surface area (Å²) in [6, 6.07) is 6.34. The average molecular weight is 182 g/mol. The quantitative estimate of drug-likeness (QED) is 0.723. The molecule has 0 radical (unpaired) electrons. The molecule has 0 amide bonds. The molecule has 0 aliphatic rings. The van der Waals surface area contributed by atoms with Crippen LogP contribution in [0.15, 0.2) is 23.1 Å². The highest BCUT2D eigenvalue weighted by Crippen LogP contribution is 2.20. The van der Waals surface area contributed by atoms with Crippen LogP contribution in [0.2, 0.25) is 0 Å². The van der Waals surface area contributed by atoms with Crippen molar-refractivity contribution in [2.45, 2.75) is 18.2 Å². The van der Waals surface area contributed by atoms with E-state index in [0.29, 0.717) is 0 Å². The summed E-state index contributed by atoms with van der Waals surface area (Å²) >= 11 is 1.76. The van der Waals surface area contributed by atoms with Crippen molar-refractivity contribution in [1.29, 1.82) is 0 Å². The molecule has 1 nitrogen and oxygen atoms in total. The summed E-state index contributed by atoms with van der Waals surface area (Å²) in [6.45, 7) is 2.34. The first-order valence-electron chi connectivity index (χ1n) is 4.02. The molecule has 12 heavy (non-hydrogen) atoms. The van der Waals surface area contributed by atoms with Gasteiger partial charge >= 0.3 is 0 Å². The van der Waals surface area contributed by atoms with E-state index in [1.54, 1.807) is 11.8 Å². The third-order valence-electron chi connectivity index (χ3n) is 1.86. The van der Waals surface area contributed by atoms with Crippen molar-refractivity contribution < 1.29 is 5.11 Å². The molecule has 1 aromatic carbocycles. The van der Waals surface area contributed by atoms with Crippen LogP contribution in [0.4, 0.5) is 0 Å². The largest absolute Gasteiger partial charge is 0.396 e. The van der Waals surface area contributed by atoms with Crippen molar-refractivity contribution in [3.05, 3.63) is 29.3 Å². The maximum atomic E-state index is 8.73. The van der Waals surface area contributed by atoms with Crippen LogP contribution in [0.3, 0.4) is 0 Å². The predicted octanol–water partition coefficient (Wildman–Crippen LogP) is 2.25. The van der Waals surface area contributed by atoms with Crippen LogP contribution < -0.4 is 0 Å². The van der Waals surface area contributed by atoms with E-state index in [0.717, 1.165) is 6.42 Å². The molecule has 0 saturated heterocycles. The summed E-state index contributed by atoms with van der Waals surface area (Å²) in [5.41, 5.74) is 2.52. The van der Waals surface area contributed by atoms with Crippen molar-refractivity contribution in [2.75, 3.05) is 12.9 Å². The molecule has 1 N–H and O–H groups in total. The van der Waals surface area contributed by atoms with E-state index in [1.807, 2.05) is 0 Å². The zero-order chi connectivity index (χ0) is 8.97.